The number of nitrogens with two attached hydrogens (primary N) is 1. The topological polar surface area (TPSA) is 101 Å². The van der Waals surface area contributed by atoms with Crippen molar-refractivity contribution in [3.8, 4) is 0 Å². The maximum Gasteiger partial charge on any atom is 0.261 e. The number of nitrogens with one attached hydrogen (secondary N) is 2. The first-order valence-corrected chi connectivity index (χ1v) is 9.67. The Balaban J connectivity index is 1.78. The molecule has 2 aromatic carbocycles. The summed E-state index contributed by atoms with van der Waals surface area (Å²) < 4.78 is 27.5. The Morgan fingerprint density at radius 3 is 2.24 bits per heavy atom. The molecule has 1 fully saturated rings. The van der Waals surface area contributed by atoms with Crippen molar-refractivity contribution in [2.24, 2.45) is 11.7 Å². The van der Waals surface area contributed by atoms with Crippen LogP contribution in [0.15, 0.2) is 59.5 Å². The number of sulfonamides is 1. The van der Waals surface area contributed by atoms with Crippen LogP contribution in [0.3, 0.4) is 0 Å². The van der Waals surface area contributed by atoms with E-state index >= 15 is 0 Å². The normalized spacial score (nSPS) is 20.2. The van der Waals surface area contributed by atoms with Gasteiger partial charge in [0.25, 0.3) is 10.0 Å². The quantitative estimate of drug-likeness (QED) is 0.763. The van der Waals surface area contributed by atoms with E-state index in [1.54, 1.807) is 42.5 Å². The Kier molecular flexibility index (Phi) is 5.06. The van der Waals surface area contributed by atoms with Crippen LogP contribution in [0.5, 0.6) is 0 Å². The van der Waals surface area contributed by atoms with Gasteiger partial charge in [0.05, 0.1) is 16.3 Å². The van der Waals surface area contributed by atoms with Gasteiger partial charge in [0.15, 0.2) is 0 Å². The second-order valence-corrected chi connectivity index (χ2v) is 7.91. The Bertz CT molecular complexity index is 853. The summed E-state index contributed by atoms with van der Waals surface area (Å²) in [5.74, 6) is -0.256. The molecule has 2 atom stereocenters. The van der Waals surface area contributed by atoms with Crippen LogP contribution in [-0.2, 0) is 14.8 Å². The molecule has 1 saturated carbocycles. The maximum atomic E-state index is 12.5. The van der Waals surface area contributed by atoms with Crippen molar-refractivity contribution in [2.75, 3.05) is 10.0 Å². The van der Waals surface area contributed by atoms with Crippen molar-refractivity contribution in [3.63, 3.8) is 0 Å². The van der Waals surface area contributed by atoms with Crippen molar-refractivity contribution in [3.05, 3.63) is 54.6 Å². The molecule has 0 bridgehead atoms. The fraction of sp³-hybridized carbons (Fsp3) is 0.278. The summed E-state index contributed by atoms with van der Waals surface area (Å²) in [7, 11) is -3.72. The molecular weight excluding hydrogens is 338 g/mol. The van der Waals surface area contributed by atoms with Crippen molar-refractivity contribution >= 4 is 27.3 Å². The van der Waals surface area contributed by atoms with Gasteiger partial charge in [0.1, 0.15) is 0 Å². The number of para-hydroxylation sites is 2. The van der Waals surface area contributed by atoms with Gasteiger partial charge in [-0.1, -0.05) is 30.3 Å². The van der Waals surface area contributed by atoms with E-state index < -0.39 is 10.0 Å². The summed E-state index contributed by atoms with van der Waals surface area (Å²) >= 11 is 0. The van der Waals surface area contributed by atoms with E-state index in [1.165, 1.54) is 12.1 Å². The molecule has 0 spiro atoms. The van der Waals surface area contributed by atoms with Crippen molar-refractivity contribution in [1.82, 2.24) is 0 Å². The number of carbonyl (C=O) groups excluding carboxylic acids is 1. The Morgan fingerprint density at radius 2 is 1.60 bits per heavy atom. The molecule has 2 aromatic rings. The highest BCUT2D eigenvalue weighted by atomic mass is 32.2. The maximum absolute atomic E-state index is 12.5. The molecule has 3 rings (SSSR count). The number of benzene rings is 2. The molecule has 1 amide bonds. The van der Waals surface area contributed by atoms with Gasteiger partial charge in [-0.05, 0) is 43.5 Å². The van der Waals surface area contributed by atoms with E-state index in [4.69, 9.17) is 5.73 Å². The van der Waals surface area contributed by atoms with E-state index in [-0.39, 0.29) is 22.8 Å². The Morgan fingerprint density at radius 1 is 0.960 bits per heavy atom. The van der Waals surface area contributed by atoms with Gasteiger partial charge in [-0.3, -0.25) is 9.52 Å². The third kappa shape index (κ3) is 4.18. The average molecular weight is 359 g/mol. The minimum Gasteiger partial charge on any atom is -0.328 e. The van der Waals surface area contributed by atoms with Gasteiger partial charge in [0.2, 0.25) is 5.91 Å². The van der Waals surface area contributed by atoms with Crippen LogP contribution >= 0.6 is 0 Å². The SMILES string of the molecule is NC1CCC(C(=O)Nc2ccccc2NS(=O)(=O)c2ccccc2)C1. The molecule has 0 radical (unpaired) electrons. The number of carbonyl (C=O) groups is 1. The van der Waals surface area contributed by atoms with Gasteiger partial charge in [-0.2, -0.15) is 0 Å². The first-order valence-electron chi connectivity index (χ1n) is 8.19. The molecule has 6 nitrogen and oxygen atoms in total. The summed E-state index contributed by atoms with van der Waals surface area (Å²) in [6.07, 6.45) is 2.25. The highest BCUT2D eigenvalue weighted by Crippen LogP contribution is 2.28. The molecule has 0 heterocycles. The van der Waals surface area contributed by atoms with Crippen LogP contribution in [-0.4, -0.2) is 20.4 Å². The van der Waals surface area contributed by atoms with Gasteiger partial charge in [-0.15, -0.1) is 0 Å². The first kappa shape index (κ1) is 17.4. The molecule has 0 aliphatic heterocycles. The van der Waals surface area contributed by atoms with Crippen LogP contribution in [0.25, 0.3) is 0 Å². The molecular formula is C18H21N3O3S. The lowest BCUT2D eigenvalue weighted by Gasteiger charge is -2.15. The number of anilines is 2. The second kappa shape index (κ2) is 7.25. The number of amides is 1. The zero-order valence-electron chi connectivity index (χ0n) is 13.7. The standard InChI is InChI=1S/C18H21N3O3S/c19-14-11-10-13(12-14)18(22)20-16-8-4-5-9-17(16)21-25(23,24)15-6-2-1-3-7-15/h1-9,13-14,21H,10-12,19H2,(H,20,22). The fourth-order valence-corrected chi connectivity index (χ4v) is 4.07. The van der Waals surface area contributed by atoms with E-state index in [9.17, 15) is 13.2 Å². The zero-order chi connectivity index (χ0) is 17.9. The summed E-state index contributed by atoms with van der Waals surface area (Å²) in [6.45, 7) is 0. The van der Waals surface area contributed by atoms with Crippen molar-refractivity contribution < 1.29 is 13.2 Å². The number of hydrogen-bond acceptors (Lipinski definition) is 4. The minimum atomic E-state index is -3.72. The summed E-state index contributed by atoms with van der Waals surface area (Å²) in [6, 6.07) is 14.9. The van der Waals surface area contributed by atoms with Gasteiger partial charge in [0, 0.05) is 12.0 Å². The fourth-order valence-electron chi connectivity index (χ4n) is 2.97. The van der Waals surface area contributed by atoms with Crippen LogP contribution < -0.4 is 15.8 Å². The van der Waals surface area contributed by atoms with E-state index in [2.05, 4.69) is 10.0 Å². The third-order valence-corrected chi connectivity index (χ3v) is 5.71. The largest absolute Gasteiger partial charge is 0.328 e. The van der Waals surface area contributed by atoms with Gasteiger partial charge >= 0.3 is 0 Å². The molecule has 1 aliphatic rings. The molecule has 4 N–H and O–H groups in total. The Labute approximate surface area is 147 Å². The molecule has 0 aromatic heterocycles. The predicted octanol–water partition coefficient (Wildman–Crippen LogP) is 2.55. The average Bonchev–Trinajstić information content (AvgIpc) is 3.04. The zero-order valence-corrected chi connectivity index (χ0v) is 14.5. The summed E-state index contributed by atoms with van der Waals surface area (Å²) in [5.41, 5.74) is 6.63. The molecule has 25 heavy (non-hydrogen) atoms. The molecule has 7 heteroatoms. The predicted molar refractivity (Wildman–Crippen MR) is 97.6 cm³/mol. The van der Waals surface area contributed by atoms with E-state index in [0.29, 0.717) is 17.8 Å². The highest BCUT2D eigenvalue weighted by molar-refractivity contribution is 7.92. The van der Waals surface area contributed by atoms with Crippen LogP contribution in [0.4, 0.5) is 11.4 Å². The molecule has 132 valence electrons. The third-order valence-electron chi connectivity index (χ3n) is 4.33. The van der Waals surface area contributed by atoms with Gasteiger partial charge < -0.3 is 11.1 Å². The highest BCUT2D eigenvalue weighted by Gasteiger charge is 2.28. The molecule has 1 aliphatic carbocycles. The van der Waals surface area contributed by atoms with Crippen LogP contribution in [0.1, 0.15) is 19.3 Å². The molecule has 2 unspecified atom stereocenters. The smallest absolute Gasteiger partial charge is 0.261 e. The summed E-state index contributed by atoms with van der Waals surface area (Å²) in [5, 5.41) is 2.83. The number of rotatable bonds is 5. The summed E-state index contributed by atoms with van der Waals surface area (Å²) in [4.78, 5) is 12.6. The minimum absolute atomic E-state index is 0.0579. The number of hydrogen-bond donors (Lipinski definition) is 3. The lowest BCUT2D eigenvalue weighted by atomic mass is 10.1. The lowest BCUT2D eigenvalue weighted by Crippen LogP contribution is -2.24. The van der Waals surface area contributed by atoms with Gasteiger partial charge in [-0.25, -0.2) is 8.42 Å². The van der Waals surface area contributed by atoms with E-state index in [0.717, 1.165) is 12.8 Å². The lowest BCUT2D eigenvalue weighted by molar-refractivity contribution is -0.119. The monoisotopic (exact) mass is 359 g/mol. The first-order chi connectivity index (χ1) is 12.0. The van der Waals surface area contributed by atoms with E-state index in [1.807, 2.05) is 0 Å². The molecule has 0 saturated heterocycles. The van der Waals surface area contributed by atoms with Crippen molar-refractivity contribution in [2.45, 2.75) is 30.2 Å². The second-order valence-electron chi connectivity index (χ2n) is 6.22. The Hall–Kier alpha value is -2.38. The van der Waals surface area contributed by atoms with Crippen LogP contribution in [0.2, 0.25) is 0 Å². The van der Waals surface area contributed by atoms with Crippen molar-refractivity contribution in [1.29, 1.82) is 0 Å². The van der Waals surface area contributed by atoms with Crippen LogP contribution in [0, 0.1) is 5.92 Å².